The minimum atomic E-state index is -1.98. The standard InChI is InChI=1S/C29H33N3O7/c1-5-16-32(29(7-3,28(37)38)23(6-2)26(34)35)25(33)18(4)17-19-8-10-21(11-9-19)27(36)39-22-14-12-20(13-15-22)24(30)31/h5,8-15,17,23H,1,6-7,16H2,2-4H3,(H3,30,31)(H,34,35)(H,37,38)/t23?,29-/m0/s1. The molecular weight excluding hydrogens is 502 g/mol. The van der Waals surface area contributed by atoms with Gasteiger partial charge in [0.25, 0.3) is 5.91 Å². The number of esters is 1. The molecule has 0 radical (unpaired) electrons. The first-order chi connectivity index (χ1) is 18.4. The van der Waals surface area contributed by atoms with Gasteiger partial charge in [-0.1, -0.05) is 32.1 Å². The first-order valence-corrected chi connectivity index (χ1v) is 12.3. The van der Waals surface area contributed by atoms with Gasteiger partial charge in [-0.15, -0.1) is 6.58 Å². The molecule has 0 aliphatic heterocycles. The SMILES string of the molecule is C=CCN(C(=O)C(C)=Cc1ccc(C(=O)Oc2ccc(C(=N)N)cc2)cc1)[C@](CC)(C(=O)O)C(CC)C(=O)O. The molecule has 39 heavy (non-hydrogen) atoms. The zero-order valence-electron chi connectivity index (χ0n) is 22.1. The second-order valence-corrected chi connectivity index (χ2v) is 8.86. The maximum Gasteiger partial charge on any atom is 0.343 e. The summed E-state index contributed by atoms with van der Waals surface area (Å²) in [5.41, 5.74) is 4.93. The van der Waals surface area contributed by atoms with E-state index in [4.69, 9.17) is 15.9 Å². The highest BCUT2D eigenvalue weighted by Crippen LogP contribution is 2.34. The van der Waals surface area contributed by atoms with Crippen LogP contribution in [0.4, 0.5) is 0 Å². The van der Waals surface area contributed by atoms with Crippen molar-refractivity contribution in [3.05, 3.63) is 83.4 Å². The highest BCUT2D eigenvalue weighted by atomic mass is 16.5. The Kier molecular flexibility index (Phi) is 10.3. The number of carbonyl (C=O) groups excluding carboxylic acids is 2. The van der Waals surface area contributed by atoms with Gasteiger partial charge in [0.2, 0.25) is 0 Å². The van der Waals surface area contributed by atoms with Crippen LogP contribution in [0.5, 0.6) is 5.75 Å². The summed E-state index contributed by atoms with van der Waals surface area (Å²) >= 11 is 0. The minimum Gasteiger partial charge on any atom is -0.481 e. The number of amidine groups is 1. The molecule has 0 fully saturated rings. The number of nitrogens with two attached hydrogens (primary N) is 1. The second-order valence-electron chi connectivity index (χ2n) is 8.86. The number of nitrogens with one attached hydrogen (secondary N) is 1. The average Bonchev–Trinajstić information content (AvgIpc) is 2.90. The molecule has 10 nitrogen and oxygen atoms in total. The Morgan fingerprint density at radius 1 is 1.05 bits per heavy atom. The molecule has 5 N–H and O–H groups in total. The first-order valence-electron chi connectivity index (χ1n) is 12.3. The van der Waals surface area contributed by atoms with Gasteiger partial charge in [0.1, 0.15) is 11.6 Å². The van der Waals surface area contributed by atoms with Gasteiger partial charge in [-0.2, -0.15) is 0 Å². The molecule has 0 aliphatic carbocycles. The lowest BCUT2D eigenvalue weighted by Gasteiger charge is -2.43. The van der Waals surface area contributed by atoms with Crippen molar-refractivity contribution < 1.29 is 34.1 Å². The van der Waals surface area contributed by atoms with E-state index in [0.717, 1.165) is 4.90 Å². The van der Waals surface area contributed by atoms with Crippen LogP contribution in [0.1, 0.15) is 55.1 Å². The third-order valence-corrected chi connectivity index (χ3v) is 6.47. The van der Waals surface area contributed by atoms with E-state index in [2.05, 4.69) is 6.58 Å². The molecule has 0 bridgehead atoms. The highest BCUT2D eigenvalue weighted by Gasteiger charge is 2.53. The van der Waals surface area contributed by atoms with Crippen LogP contribution >= 0.6 is 0 Å². The van der Waals surface area contributed by atoms with Gasteiger partial charge in [0, 0.05) is 17.7 Å². The average molecular weight is 536 g/mol. The van der Waals surface area contributed by atoms with E-state index in [-0.39, 0.29) is 42.1 Å². The van der Waals surface area contributed by atoms with Crippen molar-refractivity contribution in [3.63, 3.8) is 0 Å². The number of aliphatic carboxylic acids is 2. The Morgan fingerprint density at radius 3 is 2.05 bits per heavy atom. The van der Waals surface area contributed by atoms with Gasteiger partial charge in [-0.3, -0.25) is 15.0 Å². The topological polar surface area (TPSA) is 171 Å². The van der Waals surface area contributed by atoms with Crippen LogP contribution in [0.15, 0.2) is 66.8 Å². The lowest BCUT2D eigenvalue weighted by Crippen LogP contribution is -2.63. The summed E-state index contributed by atoms with van der Waals surface area (Å²) in [5.74, 6) is -5.12. The number of amides is 1. The normalized spacial score (nSPS) is 13.5. The van der Waals surface area contributed by atoms with E-state index >= 15 is 0 Å². The molecule has 2 aromatic carbocycles. The number of nitrogen functional groups attached to an aromatic ring is 1. The molecule has 0 saturated heterocycles. The van der Waals surface area contributed by atoms with Crippen molar-refractivity contribution >= 4 is 35.7 Å². The van der Waals surface area contributed by atoms with E-state index in [0.29, 0.717) is 11.1 Å². The molecule has 1 unspecified atom stereocenters. The number of nitrogens with zero attached hydrogens (tertiary/aromatic N) is 1. The number of hydrogen-bond donors (Lipinski definition) is 4. The van der Waals surface area contributed by atoms with Gasteiger partial charge in [-0.05, 0) is 67.8 Å². The Labute approximate surface area is 226 Å². The summed E-state index contributed by atoms with van der Waals surface area (Å²) in [6, 6.07) is 12.4. The van der Waals surface area contributed by atoms with Crippen LogP contribution in [0.25, 0.3) is 6.08 Å². The van der Waals surface area contributed by atoms with Crippen molar-refractivity contribution in [2.75, 3.05) is 6.54 Å². The molecule has 0 aliphatic rings. The number of benzene rings is 2. The largest absolute Gasteiger partial charge is 0.481 e. The predicted molar refractivity (Wildman–Crippen MR) is 146 cm³/mol. The number of hydrogen-bond acceptors (Lipinski definition) is 6. The zero-order chi connectivity index (χ0) is 29.3. The lowest BCUT2D eigenvalue weighted by molar-refractivity contribution is -0.170. The second kappa shape index (κ2) is 13.2. The van der Waals surface area contributed by atoms with Crippen molar-refractivity contribution in [1.29, 1.82) is 5.41 Å². The molecule has 0 heterocycles. The van der Waals surface area contributed by atoms with Gasteiger partial charge in [0.15, 0.2) is 5.54 Å². The number of carboxylic acid groups (broad SMARTS) is 2. The Balaban J connectivity index is 2.31. The van der Waals surface area contributed by atoms with Gasteiger partial charge in [-0.25, -0.2) is 9.59 Å². The molecular formula is C29H33N3O7. The van der Waals surface area contributed by atoms with Crippen molar-refractivity contribution in [2.24, 2.45) is 11.7 Å². The van der Waals surface area contributed by atoms with E-state index in [1.54, 1.807) is 31.2 Å². The van der Waals surface area contributed by atoms with E-state index in [1.165, 1.54) is 50.3 Å². The number of carbonyl (C=O) groups is 4. The number of ether oxygens (including phenoxy) is 1. The molecule has 0 aromatic heterocycles. The van der Waals surface area contributed by atoms with Crippen molar-refractivity contribution in [3.8, 4) is 5.75 Å². The van der Waals surface area contributed by atoms with Crippen LogP contribution in [0.2, 0.25) is 0 Å². The minimum absolute atomic E-state index is 0.0115. The summed E-state index contributed by atoms with van der Waals surface area (Å²) in [4.78, 5) is 51.5. The fourth-order valence-corrected chi connectivity index (χ4v) is 4.42. The highest BCUT2D eigenvalue weighted by molar-refractivity contribution is 6.01. The van der Waals surface area contributed by atoms with E-state index < -0.39 is 35.3 Å². The van der Waals surface area contributed by atoms with Crippen LogP contribution in [-0.4, -0.2) is 56.8 Å². The van der Waals surface area contributed by atoms with E-state index in [1.807, 2.05) is 0 Å². The maximum atomic E-state index is 13.5. The van der Waals surface area contributed by atoms with Crippen molar-refractivity contribution in [2.45, 2.75) is 39.2 Å². The van der Waals surface area contributed by atoms with Crippen LogP contribution < -0.4 is 10.5 Å². The van der Waals surface area contributed by atoms with Crippen LogP contribution in [0.3, 0.4) is 0 Å². The first kappa shape index (κ1) is 30.5. The molecule has 2 rings (SSSR count). The summed E-state index contributed by atoms with van der Waals surface area (Å²) in [5, 5.41) is 27.3. The Bertz CT molecular complexity index is 1280. The van der Waals surface area contributed by atoms with Gasteiger partial charge < -0.3 is 25.6 Å². The summed E-state index contributed by atoms with van der Waals surface area (Å²) in [6.45, 7) is 8.08. The molecule has 10 heteroatoms. The zero-order valence-corrected chi connectivity index (χ0v) is 22.1. The fourth-order valence-electron chi connectivity index (χ4n) is 4.42. The molecule has 1 amide bonds. The lowest BCUT2D eigenvalue weighted by atomic mass is 9.77. The summed E-state index contributed by atoms with van der Waals surface area (Å²) in [6.07, 6.45) is 2.78. The number of rotatable bonds is 13. The smallest absolute Gasteiger partial charge is 0.343 e. The third-order valence-electron chi connectivity index (χ3n) is 6.47. The van der Waals surface area contributed by atoms with Gasteiger partial charge >= 0.3 is 17.9 Å². The van der Waals surface area contributed by atoms with Crippen LogP contribution in [-0.2, 0) is 14.4 Å². The van der Waals surface area contributed by atoms with Crippen molar-refractivity contribution in [1.82, 2.24) is 4.90 Å². The van der Waals surface area contributed by atoms with E-state index in [9.17, 15) is 29.4 Å². The Morgan fingerprint density at radius 2 is 1.62 bits per heavy atom. The monoisotopic (exact) mass is 535 g/mol. The quantitative estimate of drug-likeness (QED) is 0.0745. The molecule has 2 aromatic rings. The summed E-state index contributed by atoms with van der Waals surface area (Å²) < 4.78 is 5.34. The molecule has 0 saturated carbocycles. The predicted octanol–water partition coefficient (Wildman–Crippen LogP) is 3.95. The third kappa shape index (κ3) is 6.78. The Hall–Kier alpha value is -4.73. The van der Waals surface area contributed by atoms with Gasteiger partial charge in [0.05, 0.1) is 11.5 Å². The molecule has 0 spiro atoms. The summed E-state index contributed by atoms with van der Waals surface area (Å²) in [7, 11) is 0. The maximum absolute atomic E-state index is 13.5. The molecule has 2 atom stereocenters. The molecule has 206 valence electrons. The number of carboxylic acids is 2. The fraction of sp³-hybridized carbons (Fsp3) is 0.276. The van der Waals surface area contributed by atoms with Crippen LogP contribution in [0, 0.1) is 11.3 Å².